The quantitative estimate of drug-likeness (QED) is 0.862. The van der Waals surface area contributed by atoms with Crippen LogP contribution in [0.25, 0.3) is 0 Å². The van der Waals surface area contributed by atoms with Gasteiger partial charge in [0.1, 0.15) is 16.6 Å². The molecule has 0 unspecified atom stereocenters. The van der Waals surface area contributed by atoms with Crippen molar-refractivity contribution >= 4 is 22.2 Å². The Morgan fingerprint density at radius 1 is 1.47 bits per heavy atom. The monoisotopic (exact) mass is 279 g/mol. The van der Waals surface area contributed by atoms with Gasteiger partial charge in [0, 0.05) is 18.1 Å². The van der Waals surface area contributed by atoms with Gasteiger partial charge in [-0.15, -0.1) is 11.3 Å². The number of nitrogens with one attached hydrogen (secondary N) is 1. The number of anilines is 1. The number of thiophene rings is 1. The van der Waals surface area contributed by atoms with Crippen molar-refractivity contribution in [2.45, 2.75) is 32.2 Å². The molecular formula is C13H17N3O2S. The zero-order valence-electron chi connectivity index (χ0n) is 11.1. The van der Waals surface area contributed by atoms with Crippen molar-refractivity contribution in [2.75, 3.05) is 18.5 Å². The molecule has 5 nitrogen and oxygen atoms in total. The van der Waals surface area contributed by atoms with Gasteiger partial charge in [-0.1, -0.05) is 0 Å². The van der Waals surface area contributed by atoms with Gasteiger partial charge in [0.15, 0.2) is 0 Å². The van der Waals surface area contributed by atoms with E-state index in [1.165, 1.54) is 11.3 Å². The van der Waals surface area contributed by atoms with Crippen LogP contribution in [0.4, 0.5) is 5.00 Å². The van der Waals surface area contributed by atoms with E-state index < -0.39 is 5.54 Å². The minimum absolute atomic E-state index is 0.228. The zero-order valence-corrected chi connectivity index (χ0v) is 11.9. The van der Waals surface area contributed by atoms with Crippen molar-refractivity contribution in [3.8, 4) is 6.07 Å². The van der Waals surface area contributed by atoms with Gasteiger partial charge < -0.3 is 15.8 Å². The zero-order chi connectivity index (χ0) is 14.0. The van der Waals surface area contributed by atoms with Gasteiger partial charge >= 0.3 is 0 Å². The summed E-state index contributed by atoms with van der Waals surface area (Å²) < 4.78 is 5.22. The van der Waals surface area contributed by atoms with E-state index in [1.807, 2.05) is 13.8 Å². The highest BCUT2D eigenvalue weighted by atomic mass is 32.1. The highest BCUT2D eigenvalue weighted by molar-refractivity contribution is 7.16. The predicted octanol–water partition coefficient (Wildman–Crippen LogP) is 1.68. The van der Waals surface area contributed by atoms with Gasteiger partial charge in [0.25, 0.3) is 0 Å². The molecule has 6 heteroatoms. The molecule has 0 radical (unpaired) electrons. The molecule has 0 spiro atoms. The van der Waals surface area contributed by atoms with Crippen molar-refractivity contribution in [2.24, 2.45) is 5.73 Å². The Kier molecular flexibility index (Phi) is 3.90. The first kappa shape index (κ1) is 14.0. The number of amides is 1. The maximum absolute atomic E-state index is 12.3. The fourth-order valence-corrected chi connectivity index (χ4v) is 3.05. The molecule has 3 N–H and O–H groups in total. The summed E-state index contributed by atoms with van der Waals surface area (Å²) >= 11 is 1.42. The average molecular weight is 279 g/mol. The second-order valence-electron chi connectivity index (χ2n) is 4.82. The lowest BCUT2D eigenvalue weighted by Gasteiger charge is -2.31. The summed E-state index contributed by atoms with van der Waals surface area (Å²) in [5, 5.41) is 12.6. The van der Waals surface area contributed by atoms with E-state index in [0.29, 0.717) is 36.6 Å². The molecule has 2 heterocycles. The van der Waals surface area contributed by atoms with E-state index in [1.54, 1.807) is 0 Å². The minimum atomic E-state index is -0.892. The summed E-state index contributed by atoms with van der Waals surface area (Å²) in [6, 6.07) is 2.14. The van der Waals surface area contributed by atoms with Crippen LogP contribution in [-0.2, 0) is 9.53 Å². The molecule has 1 fully saturated rings. The summed E-state index contributed by atoms with van der Waals surface area (Å²) in [6.07, 6.45) is 1.01. The van der Waals surface area contributed by atoms with Gasteiger partial charge in [-0.3, -0.25) is 4.79 Å². The average Bonchev–Trinajstić information content (AvgIpc) is 2.65. The van der Waals surface area contributed by atoms with Crippen LogP contribution in [0.1, 0.15) is 28.8 Å². The van der Waals surface area contributed by atoms with Gasteiger partial charge in [0.05, 0.1) is 5.56 Å². The maximum atomic E-state index is 12.3. The standard InChI is InChI=1S/C13H17N3O2S/c1-8-9(2)19-11(10(8)7-14)16-12(17)13(15)3-5-18-6-4-13/h3-6,15H2,1-2H3,(H,16,17). The lowest BCUT2D eigenvalue weighted by atomic mass is 9.90. The van der Waals surface area contributed by atoms with E-state index in [2.05, 4.69) is 11.4 Å². The molecular weight excluding hydrogens is 262 g/mol. The van der Waals surface area contributed by atoms with E-state index in [0.717, 1.165) is 10.4 Å². The number of aryl methyl sites for hydroxylation is 1. The first-order valence-electron chi connectivity index (χ1n) is 6.16. The van der Waals surface area contributed by atoms with Crippen LogP contribution >= 0.6 is 11.3 Å². The van der Waals surface area contributed by atoms with Crippen molar-refractivity contribution < 1.29 is 9.53 Å². The van der Waals surface area contributed by atoms with E-state index in [4.69, 9.17) is 15.7 Å². The van der Waals surface area contributed by atoms with Crippen LogP contribution in [0.2, 0.25) is 0 Å². The van der Waals surface area contributed by atoms with E-state index >= 15 is 0 Å². The van der Waals surface area contributed by atoms with Crippen molar-refractivity contribution in [3.63, 3.8) is 0 Å². The fourth-order valence-electron chi connectivity index (χ4n) is 2.04. The molecule has 0 bridgehead atoms. The normalized spacial score (nSPS) is 17.8. The van der Waals surface area contributed by atoms with Gasteiger partial charge in [-0.25, -0.2) is 0 Å². The summed E-state index contributed by atoms with van der Waals surface area (Å²) in [4.78, 5) is 13.3. The van der Waals surface area contributed by atoms with Crippen LogP contribution in [0.3, 0.4) is 0 Å². The Balaban J connectivity index is 2.20. The number of carbonyl (C=O) groups excluding carboxylic acids is 1. The molecule has 19 heavy (non-hydrogen) atoms. The van der Waals surface area contributed by atoms with Crippen LogP contribution < -0.4 is 11.1 Å². The number of nitrogens with two attached hydrogens (primary N) is 1. The number of nitrogens with zero attached hydrogens (tertiary/aromatic N) is 1. The Labute approximate surface area is 116 Å². The molecule has 1 aliphatic rings. The Morgan fingerprint density at radius 2 is 2.11 bits per heavy atom. The summed E-state index contributed by atoms with van der Waals surface area (Å²) in [6.45, 7) is 4.81. The fraction of sp³-hybridized carbons (Fsp3) is 0.538. The van der Waals surface area contributed by atoms with Crippen molar-refractivity contribution in [3.05, 3.63) is 16.0 Å². The minimum Gasteiger partial charge on any atom is -0.381 e. The number of ether oxygens (including phenoxy) is 1. The predicted molar refractivity (Wildman–Crippen MR) is 74.1 cm³/mol. The van der Waals surface area contributed by atoms with Crippen LogP contribution in [0.5, 0.6) is 0 Å². The van der Waals surface area contributed by atoms with Gasteiger partial charge in [0.2, 0.25) is 5.91 Å². The first-order valence-corrected chi connectivity index (χ1v) is 6.98. The number of hydrogen-bond acceptors (Lipinski definition) is 5. The van der Waals surface area contributed by atoms with Crippen molar-refractivity contribution in [1.82, 2.24) is 0 Å². The number of hydrogen-bond donors (Lipinski definition) is 2. The number of nitriles is 1. The third kappa shape index (κ3) is 2.63. The molecule has 1 aliphatic heterocycles. The molecule has 1 amide bonds. The third-order valence-electron chi connectivity index (χ3n) is 3.56. The second kappa shape index (κ2) is 5.29. The van der Waals surface area contributed by atoms with E-state index in [9.17, 15) is 4.79 Å². The highest BCUT2D eigenvalue weighted by Crippen LogP contribution is 2.32. The molecule has 102 valence electrons. The van der Waals surface area contributed by atoms with Crippen LogP contribution in [0, 0.1) is 25.2 Å². The molecule has 1 saturated heterocycles. The Hall–Kier alpha value is -1.42. The topological polar surface area (TPSA) is 88.1 Å². The lowest BCUT2D eigenvalue weighted by Crippen LogP contribution is -2.54. The number of carbonyl (C=O) groups is 1. The molecule has 0 atom stereocenters. The third-order valence-corrected chi connectivity index (χ3v) is 4.68. The molecule has 0 aromatic carbocycles. The molecule has 1 aromatic heterocycles. The van der Waals surface area contributed by atoms with E-state index in [-0.39, 0.29) is 5.91 Å². The van der Waals surface area contributed by atoms with Gasteiger partial charge in [-0.05, 0) is 32.3 Å². The highest BCUT2D eigenvalue weighted by Gasteiger charge is 2.36. The number of rotatable bonds is 2. The Morgan fingerprint density at radius 3 is 2.68 bits per heavy atom. The molecule has 0 aliphatic carbocycles. The van der Waals surface area contributed by atoms with Crippen LogP contribution in [0.15, 0.2) is 0 Å². The van der Waals surface area contributed by atoms with Crippen LogP contribution in [-0.4, -0.2) is 24.7 Å². The Bertz CT molecular complexity index is 539. The second-order valence-corrected chi connectivity index (χ2v) is 6.05. The molecule has 1 aromatic rings. The largest absolute Gasteiger partial charge is 0.381 e. The SMILES string of the molecule is Cc1sc(NC(=O)C2(N)CCOCC2)c(C#N)c1C. The first-order chi connectivity index (χ1) is 8.98. The van der Waals surface area contributed by atoms with Crippen molar-refractivity contribution in [1.29, 1.82) is 5.26 Å². The summed E-state index contributed by atoms with van der Waals surface area (Å²) in [7, 11) is 0. The lowest BCUT2D eigenvalue weighted by molar-refractivity contribution is -0.124. The van der Waals surface area contributed by atoms with Gasteiger partial charge in [-0.2, -0.15) is 5.26 Å². The summed E-state index contributed by atoms with van der Waals surface area (Å²) in [5.74, 6) is -0.228. The smallest absolute Gasteiger partial charge is 0.245 e. The maximum Gasteiger partial charge on any atom is 0.245 e. The molecule has 0 saturated carbocycles. The summed E-state index contributed by atoms with van der Waals surface area (Å²) in [5.41, 5.74) is 6.68. The molecule has 2 rings (SSSR count).